The monoisotopic (exact) mass is 457 g/mol. The van der Waals surface area contributed by atoms with Gasteiger partial charge in [-0.1, -0.05) is 0 Å². The molecule has 3 aromatic rings. The van der Waals surface area contributed by atoms with Crippen LogP contribution in [0.2, 0.25) is 0 Å². The third-order valence-corrected chi connectivity index (χ3v) is 5.99. The maximum absolute atomic E-state index is 9.67. The molecule has 3 heterocycles. The smallest absolute Gasteiger partial charge is 0.161 e. The summed E-state index contributed by atoms with van der Waals surface area (Å²) in [4.78, 5) is 11.4. The molecule has 2 aliphatic heterocycles. The molecular formula is C26H27N5O3. The van der Waals surface area contributed by atoms with Gasteiger partial charge in [0.1, 0.15) is 23.7 Å². The molecule has 2 fully saturated rings. The van der Waals surface area contributed by atoms with E-state index in [1.165, 1.54) is 5.69 Å². The van der Waals surface area contributed by atoms with E-state index in [2.05, 4.69) is 38.4 Å². The summed E-state index contributed by atoms with van der Waals surface area (Å²) in [6.45, 7) is 4.72. The fourth-order valence-electron chi connectivity index (χ4n) is 4.12. The van der Waals surface area contributed by atoms with Gasteiger partial charge in [0, 0.05) is 49.1 Å². The van der Waals surface area contributed by atoms with Crippen LogP contribution in [0.15, 0.2) is 54.7 Å². The number of hydrogen-bond donors (Lipinski definition) is 1. The second kappa shape index (κ2) is 10.5. The Balaban J connectivity index is 1.29. The van der Waals surface area contributed by atoms with Crippen molar-refractivity contribution in [1.29, 1.82) is 5.26 Å². The van der Waals surface area contributed by atoms with Gasteiger partial charge >= 0.3 is 0 Å². The molecule has 0 spiro atoms. The Labute approximate surface area is 199 Å². The lowest BCUT2D eigenvalue weighted by atomic mass is 10.1. The van der Waals surface area contributed by atoms with E-state index in [9.17, 15) is 5.26 Å². The number of ether oxygens (including phenoxy) is 3. The van der Waals surface area contributed by atoms with Gasteiger partial charge in [-0.15, -0.1) is 0 Å². The second-order valence-electron chi connectivity index (χ2n) is 8.29. The summed E-state index contributed by atoms with van der Waals surface area (Å²) in [5.41, 5.74) is 3.37. The highest BCUT2D eigenvalue weighted by molar-refractivity contribution is 5.65. The van der Waals surface area contributed by atoms with E-state index >= 15 is 0 Å². The highest BCUT2D eigenvalue weighted by Crippen LogP contribution is 2.28. The van der Waals surface area contributed by atoms with E-state index in [1.54, 1.807) is 12.3 Å². The van der Waals surface area contributed by atoms with Gasteiger partial charge in [-0.25, -0.2) is 9.97 Å². The first kappa shape index (κ1) is 22.1. The molecule has 174 valence electrons. The predicted octanol–water partition coefficient (Wildman–Crippen LogP) is 4.15. The van der Waals surface area contributed by atoms with Crippen LogP contribution in [0.25, 0.3) is 11.4 Å². The van der Waals surface area contributed by atoms with Gasteiger partial charge in [0.2, 0.25) is 0 Å². The lowest BCUT2D eigenvalue weighted by molar-refractivity contribution is 0.0254. The van der Waals surface area contributed by atoms with Gasteiger partial charge in [-0.05, 0) is 48.5 Å². The lowest BCUT2D eigenvalue weighted by Gasteiger charge is -2.28. The van der Waals surface area contributed by atoms with Crippen molar-refractivity contribution in [3.8, 4) is 23.2 Å². The Bertz CT molecular complexity index is 1150. The van der Waals surface area contributed by atoms with Crippen molar-refractivity contribution in [2.24, 2.45) is 0 Å². The van der Waals surface area contributed by atoms with Crippen LogP contribution in [0.3, 0.4) is 0 Å². The standard InChI is InChI=1S/C26H27N5O3/c27-18-20-17-19(1-6-24(20)34-23-8-13-32-14-9-23)26-28-10-7-25(30-26)29-21-2-4-22(5-3-21)31-11-15-33-16-12-31/h1-7,10,17,23H,8-9,11-16H2,(H,28,29,30). The molecule has 5 rings (SSSR count). The SMILES string of the molecule is N#Cc1cc(-c2nccc(Nc3ccc(N4CCOCC4)cc3)n2)ccc1OC1CCOCC1. The molecule has 0 aliphatic carbocycles. The van der Waals surface area contributed by atoms with Crippen LogP contribution in [0.1, 0.15) is 18.4 Å². The quantitative estimate of drug-likeness (QED) is 0.590. The summed E-state index contributed by atoms with van der Waals surface area (Å²) in [5.74, 6) is 1.82. The zero-order valence-corrected chi connectivity index (χ0v) is 18.9. The highest BCUT2D eigenvalue weighted by atomic mass is 16.5. The van der Waals surface area contributed by atoms with Crippen LogP contribution in [0.5, 0.6) is 5.75 Å². The van der Waals surface area contributed by atoms with Crippen molar-refractivity contribution in [3.63, 3.8) is 0 Å². The van der Waals surface area contributed by atoms with Gasteiger partial charge < -0.3 is 24.4 Å². The Kier molecular flexibility index (Phi) is 6.84. The average Bonchev–Trinajstić information content (AvgIpc) is 2.91. The van der Waals surface area contributed by atoms with Crippen molar-refractivity contribution in [3.05, 3.63) is 60.3 Å². The van der Waals surface area contributed by atoms with E-state index < -0.39 is 0 Å². The molecule has 0 saturated carbocycles. The number of rotatable bonds is 6. The number of nitrogens with zero attached hydrogens (tertiary/aromatic N) is 4. The Morgan fingerprint density at radius 1 is 0.971 bits per heavy atom. The summed E-state index contributed by atoms with van der Waals surface area (Å²) in [7, 11) is 0. The van der Waals surface area contributed by atoms with Gasteiger partial charge in [0.25, 0.3) is 0 Å². The number of anilines is 3. The number of aromatic nitrogens is 2. The van der Waals surface area contributed by atoms with Gasteiger partial charge in [0.15, 0.2) is 5.82 Å². The maximum Gasteiger partial charge on any atom is 0.161 e. The van der Waals surface area contributed by atoms with Crippen LogP contribution in [-0.2, 0) is 9.47 Å². The molecule has 2 saturated heterocycles. The van der Waals surface area contributed by atoms with Crippen molar-refractivity contribution in [2.75, 3.05) is 49.7 Å². The zero-order valence-electron chi connectivity index (χ0n) is 18.9. The van der Waals surface area contributed by atoms with Crippen LogP contribution in [-0.4, -0.2) is 55.6 Å². The molecule has 0 bridgehead atoms. The van der Waals surface area contributed by atoms with Crippen LogP contribution < -0.4 is 15.0 Å². The van der Waals surface area contributed by atoms with E-state index in [0.29, 0.717) is 36.2 Å². The van der Waals surface area contributed by atoms with Crippen molar-refractivity contribution in [2.45, 2.75) is 18.9 Å². The number of benzene rings is 2. The zero-order chi connectivity index (χ0) is 23.2. The molecule has 0 amide bonds. The van der Waals surface area contributed by atoms with Crippen molar-refractivity contribution in [1.82, 2.24) is 9.97 Å². The minimum Gasteiger partial charge on any atom is -0.489 e. The third kappa shape index (κ3) is 5.28. The Morgan fingerprint density at radius 2 is 1.74 bits per heavy atom. The largest absolute Gasteiger partial charge is 0.489 e. The molecule has 1 N–H and O–H groups in total. The van der Waals surface area contributed by atoms with Gasteiger partial charge in [-0.3, -0.25) is 0 Å². The number of nitrogens with one attached hydrogen (secondary N) is 1. The number of morpholine rings is 1. The average molecular weight is 458 g/mol. The topological polar surface area (TPSA) is 92.5 Å². The summed E-state index contributed by atoms with van der Waals surface area (Å²) >= 11 is 0. The van der Waals surface area contributed by atoms with Crippen molar-refractivity contribution >= 4 is 17.2 Å². The lowest BCUT2D eigenvalue weighted by Crippen LogP contribution is -2.36. The maximum atomic E-state index is 9.67. The fourth-order valence-corrected chi connectivity index (χ4v) is 4.12. The van der Waals surface area contributed by atoms with Crippen LogP contribution >= 0.6 is 0 Å². The molecule has 8 heteroatoms. The second-order valence-corrected chi connectivity index (χ2v) is 8.29. The molecule has 2 aliphatic rings. The first-order chi connectivity index (χ1) is 16.8. The van der Waals surface area contributed by atoms with E-state index in [0.717, 1.165) is 50.4 Å². The minimum atomic E-state index is 0.0742. The van der Waals surface area contributed by atoms with Gasteiger partial charge in [-0.2, -0.15) is 5.26 Å². The normalized spacial score (nSPS) is 16.6. The van der Waals surface area contributed by atoms with E-state index in [1.807, 2.05) is 30.3 Å². The molecule has 0 radical (unpaired) electrons. The van der Waals surface area contributed by atoms with Gasteiger partial charge in [0.05, 0.1) is 32.0 Å². The summed E-state index contributed by atoms with van der Waals surface area (Å²) in [6, 6.07) is 17.9. The van der Waals surface area contributed by atoms with Crippen molar-refractivity contribution < 1.29 is 14.2 Å². The van der Waals surface area contributed by atoms with Crippen LogP contribution in [0, 0.1) is 11.3 Å². The fraction of sp³-hybridized carbons (Fsp3) is 0.346. The Hall–Kier alpha value is -3.67. The van der Waals surface area contributed by atoms with E-state index in [4.69, 9.17) is 14.2 Å². The number of hydrogen-bond acceptors (Lipinski definition) is 8. The molecule has 1 aromatic heterocycles. The minimum absolute atomic E-state index is 0.0742. The Morgan fingerprint density at radius 3 is 2.50 bits per heavy atom. The molecular weight excluding hydrogens is 430 g/mol. The molecule has 0 unspecified atom stereocenters. The molecule has 34 heavy (non-hydrogen) atoms. The first-order valence-corrected chi connectivity index (χ1v) is 11.6. The predicted molar refractivity (Wildman–Crippen MR) is 129 cm³/mol. The first-order valence-electron chi connectivity index (χ1n) is 11.6. The molecule has 2 aromatic carbocycles. The number of nitriles is 1. The third-order valence-electron chi connectivity index (χ3n) is 5.99. The summed E-state index contributed by atoms with van der Waals surface area (Å²) < 4.78 is 16.9. The van der Waals surface area contributed by atoms with E-state index in [-0.39, 0.29) is 6.10 Å². The molecule has 0 atom stereocenters. The summed E-state index contributed by atoms with van der Waals surface area (Å²) in [5, 5.41) is 13.0. The van der Waals surface area contributed by atoms with Crippen LogP contribution in [0.4, 0.5) is 17.2 Å². The highest BCUT2D eigenvalue weighted by Gasteiger charge is 2.18. The molecule has 8 nitrogen and oxygen atoms in total. The summed E-state index contributed by atoms with van der Waals surface area (Å²) in [6.07, 6.45) is 3.45.